The Morgan fingerprint density at radius 3 is 2.27 bits per heavy atom. The molecule has 1 heterocycles. The molecule has 0 spiro atoms. The molecule has 202 valence electrons. The molecule has 4 aromatic carbocycles. The van der Waals surface area contributed by atoms with Gasteiger partial charge in [0, 0.05) is 34.9 Å². The quantitative estimate of drug-likeness (QED) is 0.163. The third-order valence-corrected chi connectivity index (χ3v) is 6.77. The van der Waals surface area contributed by atoms with E-state index in [9.17, 15) is 4.79 Å². The first kappa shape index (κ1) is 27.0. The van der Waals surface area contributed by atoms with Gasteiger partial charge in [0.2, 0.25) is 5.89 Å². The number of nitrogens with zero attached hydrogens (tertiary/aromatic N) is 2. The van der Waals surface area contributed by atoms with E-state index in [0.717, 1.165) is 39.7 Å². The van der Waals surface area contributed by atoms with Crippen molar-refractivity contribution in [2.75, 3.05) is 18.6 Å². The van der Waals surface area contributed by atoms with E-state index in [-0.39, 0.29) is 0 Å². The number of esters is 1. The number of halogens is 1. The summed E-state index contributed by atoms with van der Waals surface area (Å²) in [6.45, 7) is 2.81. The van der Waals surface area contributed by atoms with Crippen molar-refractivity contribution in [1.29, 1.82) is 0 Å². The number of aryl methyl sites for hydroxylation is 1. The van der Waals surface area contributed by atoms with Crippen LogP contribution in [0.1, 0.15) is 27.4 Å². The standard InChI is InChI=1S/C33H29ClN2O4/c1-23-31(35-32(40-23)24-9-5-3-6-10-24)19-20-39-29-16-14-28(15-17-29)36(27-11-7-4-8-12-27)22-25-21-26(34)13-18-30(25)33(37)38-2/h3-18,21H,19-20,22H2,1-2H3. The summed E-state index contributed by atoms with van der Waals surface area (Å²) in [5, 5.41) is 0.553. The minimum Gasteiger partial charge on any atom is -0.493 e. The second-order valence-corrected chi connectivity index (χ2v) is 9.63. The molecule has 0 bridgehead atoms. The SMILES string of the molecule is COC(=O)c1ccc(Cl)cc1CN(c1ccccc1)c1ccc(OCCc2nc(-c3ccccc3)oc2C)cc1. The van der Waals surface area contributed by atoms with Crippen molar-refractivity contribution in [2.24, 2.45) is 0 Å². The Morgan fingerprint density at radius 2 is 1.57 bits per heavy atom. The Labute approximate surface area is 238 Å². The van der Waals surface area contributed by atoms with Crippen LogP contribution in [-0.4, -0.2) is 24.7 Å². The Balaban J connectivity index is 1.30. The molecule has 0 amide bonds. The number of benzene rings is 4. The van der Waals surface area contributed by atoms with Gasteiger partial charge in [0.1, 0.15) is 11.5 Å². The Morgan fingerprint density at radius 1 is 0.900 bits per heavy atom. The highest BCUT2D eigenvalue weighted by Gasteiger charge is 2.18. The summed E-state index contributed by atoms with van der Waals surface area (Å²) in [4.78, 5) is 19.2. The molecular formula is C33H29ClN2O4. The average Bonchev–Trinajstić information content (AvgIpc) is 3.37. The topological polar surface area (TPSA) is 64.8 Å². The molecule has 7 heteroatoms. The van der Waals surface area contributed by atoms with Crippen LogP contribution in [0.15, 0.2) is 108 Å². The zero-order chi connectivity index (χ0) is 27.9. The van der Waals surface area contributed by atoms with Crippen LogP contribution in [0.4, 0.5) is 11.4 Å². The molecule has 1 aromatic heterocycles. The normalized spacial score (nSPS) is 10.8. The van der Waals surface area contributed by atoms with Gasteiger partial charge in [0.05, 0.1) is 25.0 Å². The second kappa shape index (κ2) is 12.5. The summed E-state index contributed by atoms with van der Waals surface area (Å²) in [6.07, 6.45) is 0.630. The van der Waals surface area contributed by atoms with Gasteiger partial charge in [-0.3, -0.25) is 0 Å². The van der Waals surface area contributed by atoms with Crippen LogP contribution in [0.3, 0.4) is 0 Å². The molecule has 0 N–H and O–H groups in total. The van der Waals surface area contributed by atoms with Gasteiger partial charge in [-0.05, 0) is 79.2 Å². The molecule has 0 unspecified atom stereocenters. The number of anilines is 2. The van der Waals surface area contributed by atoms with E-state index in [1.807, 2.05) is 91.9 Å². The molecule has 0 aliphatic heterocycles. The number of carbonyl (C=O) groups is 1. The molecule has 0 radical (unpaired) electrons. The monoisotopic (exact) mass is 552 g/mol. The van der Waals surface area contributed by atoms with Crippen LogP contribution in [0.25, 0.3) is 11.5 Å². The number of hydrogen-bond acceptors (Lipinski definition) is 6. The van der Waals surface area contributed by atoms with Gasteiger partial charge in [-0.15, -0.1) is 0 Å². The van der Waals surface area contributed by atoms with Crippen molar-refractivity contribution in [1.82, 2.24) is 4.98 Å². The van der Waals surface area contributed by atoms with E-state index in [2.05, 4.69) is 9.88 Å². The fraction of sp³-hybridized carbons (Fsp3) is 0.152. The number of methoxy groups -OCH3 is 1. The number of oxazole rings is 1. The predicted molar refractivity (Wildman–Crippen MR) is 157 cm³/mol. The highest BCUT2D eigenvalue weighted by Crippen LogP contribution is 2.31. The van der Waals surface area contributed by atoms with E-state index in [1.54, 1.807) is 18.2 Å². The maximum absolute atomic E-state index is 12.4. The summed E-state index contributed by atoms with van der Waals surface area (Å²) in [5.41, 5.74) is 4.99. The van der Waals surface area contributed by atoms with Crippen molar-refractivity contribution in [2.45, 2.75) is 19.9 Å². The van der Waals surface area contributed by atoms with E-state index in [0.29, 0.717) is 36.0 Å². The summed E-state index contributed by atoms with van der Waals surface area (Å²) in [7, 11) is 1.38. The lowest BCUT2D eigenvalue weighted by atomic mass is 10.1. The van der Waals surface area contributed by atoms with E-state index in [4.69, 9.17) is 25.5 Å². The van der Waals surface area contributed by atoms with Crippen LogP contribution in [0, 0.1) is 6.92 Å². The van der Waals surface area contributed by atoms with Crippen molar-refractivity contribution in [3.05, 3.63) is 131 Å². The molecule has 0 saturated carbocycles. The first-order chi connectivity index (χ1) is 19.5. The highest BCUT2D eigenvalue weighted by atomic mass is 35.5. The molecule has 0 atom stereocenters. The lowest BCUT2D eigenvalue weighted by molar-refractivity contribution is 0.0599. The smallest absolute Gasteiger partial charge is 0.338 e. The van der Waals surface area contributed by atoms with Crippen molar-refractivity contribution in [3.63, 3.8) is 0 Å². The molecule has 5 aromatic rings. The average molecular weight is 553 g/mol. The predicted octanol–water partition coefficient (Wildman–Crippen LogP) is 8.05. The van der Waals surface area contributed by atoms with E-state index >= 15 is 0 Å². The number of carbonyl (C=O) groups excluding carboxylic acids is 1. The molecule has 0 aliphatic rings. The molecule has 5 rings (SSSR count). The third-order valence-electron chi connectivity index (χ3n) is 6.54. The molecule has 0 aliphatic carbocycles. The lowest BCUT2D eigenvalue weighted by Crippen LogP contribution is -2.19. The van der Waals surface area contributed by atoms with Gasteiger partial charge in [-0.25, -0.2) is 9.78 Å². The Bertz CT molecular complexity index is 1570. The van der Waals surface area contributed by atoms with E-state index in [1.165, 1.54) is 7.11 Å². The molecule has 40 heavy (non-hydrogen) atoms. The molecule has 0 fully saturated rings. The zero-order valence-corrected chi connectivity index (χ0v) is 23.1. The van der Waals surface area contributed by atoms with Crippen LogP contribution in [0.2, 0.25) is 5.02 Å². The Kier molecular flexibility index (Phi) is 8.47. The number of hydrogen-bond donors (Lipinski definition) is 0. The highest BCUT2D eigenvalue weighted by molar-refractivity contribution is 6.30. The molecule has 6 nitrogen and oxygen atoms in total. The summed E-state index contributed by atoms with van der Waals surface area (Å²) in [5.74, 6) is 1.76. The largest absolute Gasteiger partial charge is 0.493 e. The fourth-order valence-corrected chi connectivity index (χ4v) is 4.66. The second-order valence-electron chi connectivity index (χ2n) is 9.20. The van der Waals surface area contributed by atoms with Gasteiger partial charge >= 0.3 is 5.97 Å². The molecule has 0 saturated heterocycles. The first-order valence-electron chi connectivity index (χ1n) is 13.0. The van der Waals surface area contributed by atoms with Gasteiger partial charge in [0.25, 0.3) is 0 Å². The van der Waals surface area contributed by atoms with Gasteiger partial charge < -0.3 is 18.8 Å². The summed E-state index contributed by atoms with van der Waals surface area (Å²) in [6, 6.07) is 32.9. The number of rotatable bonds is 10. The van der Waals surface area contributed by atoms with Gasteiger partial charge in [0.15, 0.2) is 0 Å². The fourth-order valence-electron chi connectivity index (χ4n) is 4.46. The maximum atomic E-state index is 12.4. The van der Waals surface area contributed by atoms with Gasteiger partial charge in [-0.1, -0.05) is 48.0 Å². The Hall–Kier alpha value is -4.55. The number of aromatic nitrogens is 1. The summed E-state index contributed by atoms with van der Waals surface area (Å²) < 4.78 is 16.9. The van der Waals surface area contributed by atoms with Crippen LogP contribution in [0.5, 0.6) is 5.75 Å². The van der Waals surface area contributed by atoms with Crippen molar-refractivity contribution >= 4 is 28.9 Å². The van der Waals surface area contributed by atoms with Crippen LogP contribution >= 0.6 is 11.6 Å². The third kappa shape index (κ3) is 6.35. The first-order valence-corrected chi connectivity index (χ1v) is 13.3. The number of ether oxygens (including phenoxy) is 2. The zero-order valence-electron chi connectivity index (χ0n) is 22.3. The minimum absolute atomic E-state index is 0.401. The van der Waals surface area contributed by atoms with Crippen molar-refractivity contribution < 1.29 is 18.7 Å². The minimum atomic E-state index is -0.401. The van der Waals surface area contributed by atoms with Crippen LogP contribution in [-0.2, 0) is 17.7 Å². The number of para-hydroxylation sites is 1. The lowest BCUT2D eigenvalue weighted by Gasteiger charge is -2.26. The van der Waals surface area contributed by atoms with Crippen LogP contribution < -0.4 is 9.64 Å². The molecular weight excluding hydrogens is 524 g/mol. The van der Waals surface area contributed by atoms with E-state index < -0.39 is 5.97 Å². The summed E-state index contributed by atoms with van der Waals surface area (Å²) >= 11 is 6.30. The van der Waals surface area contributed by atoms with Crippen molar-refractivity contribution in [3.8, 4) is 17.2 Å². The maximum Gasteiger partial charge on any atom is 0.338 e. The van der Waals surface area contributed by atoms with Gasteiger partial charge in [-0.2, -0.15) is 0 Å².